The van der Waals surface area contributed by atoms with Crippen molar-refractivity contribution in [3.8, 4) is 5.95 Å². The Kier molecular flexibility index (Phi) is 6.50. The molecule has 2 aromatic heterocycles. The summed E-state index contributed by atoms with van der Waals surface area (Å²) in [6.45, 7) is 12.5. The normalized spacial score (nSPS) is 11.4. The topological polar surface area (TPSA) is 75.9 Å². The number of nitrogens with zero attached hydrogens (tertiary/aromatic N) is 5. The lowest BCUT2D eigenvalue weighted by Crippen LogP contribution is -2.23. The van der Waals surface area contributed by atoms with Crippen molar-refractivity contribution >= 4 is 17.4 Å². The molecule has 0 spiro atoms. The number of rotatable bonds is 7. The second-order valence-electron chi connectivity index (χ2n) is 8.21. The first-order chi connectivity index (χ1) is 14.3. The maximum Gasteiger partial charge on any atom is 0.256 e. The first-order valence-corrected chi connectivity index (χ1v) is 10.4. The standard InChI is InChI=1S/C23H30N6O/c1-6-15-28(7-2)18-11-9-17(10-12-18)21(30)26-20-16-19(23(3,4)5)27-29(20)22-24-13-8-14-25-22/h8-14,16H,6-7,15H2,1-5H3,(H,26,30). The van der Waals surface area contributed by atoms with Crippen LogP contribution >= 0.6 is 0 Å². The SMILES string of the molecule is CCCN(CC)c1ccc(C(=O)Nc2cc(C(C)(C)C)nn2-c2ncccn2)cc1. The van der Waals surface area contributed by atoms with Gasteiger partial charge in [0.25, 0.3) is 11.9 Å². The van der Waals surface area contributed by atoms with Gasteiger partial charge >= 0.3 is 0 Å². The molecule has 0 aliphatic carbocycles. The Hall–Kier alpha value is -3.22. The highest BCUT2D eigenvalue weighted by Gasteiger charge is 2.22. The van der Waals surface area contributed by atoms with Crippen molar-refractivity contribution in [3.63, 3.8) is 0 Å². The first-order valence-electron chi connectivity index (χ1n) is 10.4. The average molecular weight is 407 g/mol. The molecule has 158 valence electrons. The molecule has 2 heterocycles. The molecule has 1 aromatic carbocycles. The molecule has 0 aliphatic rings. The third-order valence-corrected chi connectivity index (χ3v) is 4.83. The average Bonchev–Trinajstić information content (AvgIpc) is 3.17. The van der Waals surface area contributed by atoms with Crippen molar-refractivity contribution in [2.24, 2.45) is 0 Å². The molecular weight excluding hydrogens is 376 g/mol. The van der Waals surface area contributed by atoms with Crippen LogP contribution in [-0.2, 0) is 5.41 Å². The van der Waals surface area contributed by atoms with Gasteiger partial charge in [-0.1, -0.05) is 27.7 Å². The van der Waals surface area contributed by atoms with Crippen LogP contribution in [0.1, 0.15) is 57.1 Å². The largest absolute Gasteiger partial charge is 0.372 e. The fourth-order valence-corrected chi connectivity index (χ4v) is 3.14. The van der Waals surface area contributed by atoms with E-state index < -0.39 is 0 Å². The van der Waals surface area contributed by atoms with E-state index >= 15 is 0 Å². The molecule has 0 aliphatic heterocycles. The molecule has 7 heteroatoms. The number of carbonyl (C=O) groups excluding carboxylic acids is 1. The molecule has 0 fully saturated rings. The molecule has 30 heavy (non-hydrogen) atoms. The van der Waals surface area contributed by atoms with Crippen LogP contribution in [-0.4, -0.2) is 38.7 Å². The van der Waals surface area contributed by atoms with E-state index in [1.807, 2.05) is 30.3 Å². The summed E-state index contributed by atoms with van der Waals surface area (Å²) in [4.78, 5) is 23.8. The third-order valence-electron chi connectivity index (χ3n) is 4.83. The maximum atomic E-state index is 12.9. The smallest absolute Gasteiger partial charge is 0.256 e. The minimum atomic E-state index is -0.197. The lowest BCUT2D eigenvalue weighted by Gasteiger charge is -2.22. The van der Waals surface area contributed by atoms with Crippen molar-refractivity contribution < 1.29 is 4.79 Å². The van der Waals surface area contributed by atoms with Gasteiger partial charge in [0.1, 0.15) is 5.82 Å². The van der Waals surface area contributed by atoms with Gasteiger partial charge in [0.15, 0.2) is 0 Å². The minimum Gasteiger partial charge on any atom is -0.372 e. The van der Waals surface area contributed by atoms with Crippen LogP contribution < -0.4 is 10.2 Å². The Morgan fingerprint density at radius 1 is 1.10 bits per heavy atom. The Bertz CT molecular complexity index is 973. The van der Waals surface area contributed by atoms with Gasteiger partial charge in [0.05, 0.1) is 5.69 Å². The van der Waals surface area contributed by atoms with E-state index in [1.165, 1.54) is 0 Å². The molecule has 3 aromatic rings. The van der Waals surface area contributed by atoms with Gasteiger partial charge in [-0.2, -0.15) is 9.78 Å². The number of amides is 1. The van der Waals surface area contributed by atoms with Crippen molar-refractivity contribution in [1.82, 2.24) is 19.7 Å². The van der Waals surface area contributed by atoms with Gasteiger partial charge in [0.2, 0.25) is 0 Å². The van der Waals surface area contributed by atoms with Crippen LogP contribution in [0.25, 0.3) is 5.95 Å². The molecule has 1 amide bonds. The summed E-state index contributed by atoms with van der Waals surface area (Å²) in [5.74, 6) is 0.760. The lowest BCUT2D eigenvalue weighted by molar-refractivity contribution is 0.102. The number of hydrogen-bond donors (Lipinski definition) is 1. The van der Waals surface area contributed by atoms with Gasteiger partial charge < -0.3 is 10.2 Å². The zero-order valence-corrected chi connectivity index (χ0v) is 18.4. The molecule has 0 saturated heterocycles. The Balaban J connectivity index is 1.86. The Morgan fingerprint density at radius 3 is 2.33 bits per heavy atom. The van der Waals surface area contributed by atoms with Crippen LogP contribution in [0.3, 0.4) is 0 Å². The summed E-state index contributed by atoms with van der Waals surface area (Å²) in [5.41, 5.74) is 2.38. The first kappa shape index (κ1) is 21.5. The molecule has 0 saturated carbocycles. The van der Waals surface area contributed by atoms with Crippen molar-refractivity contribution in [3.05, 3.63) is 60.0 Å². The van der Waals surface area contributed by atoms with Crippen LogP contribution in [0.15, 0.2) is 48.8 Å². The second kappa shape index (κ2) is 9.07. The number of hydrogen-bond acceptors (Lipinski definition) is 5. The summed E-state index contributed by atoms with van der Waals surface area (Å²) >= 11 is 0. The number of aromatic nitrogens is 4. The third kappa shape index (κ3) is 4.84. The Labute approximate surface area is 178 Å². The predicted octanol–water partition coefficient (Wildman–Crippen LogP) is 4.45. The molecule has 0 unspecified atom stereocenters. The fourth-order valence-electron chi connectivity index (χ4n) is 3.14. The lowest BCUT2D eigenvalue weighted by atomic mass is 9.92. The van der Waals surface area contributed by atoms with E-state index in [0.717, 1.165) is 30.9 Å². The highest BCUT2D eigenvalue weighted by molar-refractivity contribution is 6.04. The zero-order valence-electron chi connectivity index (χ0n) is 18.4. The van der Waals surface area contributed by atoms with E-state index in [1.54, 1.807) is 23.1 Å². The maximum absolute atomic E-state index is 12.9. The summed E-state index contributed by atoms with van der Waals surface area (Å²) in [6.07, 6.45) is 4.39. The Morgan fingerprint density at radius 2 is 1.77 bits per heavy atom. The monoisotopic (exact) mass is 406 g/mol. The quantitative estimate of drug-likeness (QED) is 0.627. The molecule has 0 radical (unpaired) electrons. The van der Waals surface area contributed by atoms with E-state index in [4.69, 9.17) is 0 Å². The van der Waals surface area contributed by atoms with Gasteiger partial charge in [-0.05, 0) is 43.7 Å². The number of nitrogens with one attached hydrogen (secondary N) is 1. The summed E-state index contributed by atoms with van der Waals surface area (Å²) in [5, 5.41) is 7.61. The second-order valence-corrected chi connectivity index (χ2v) is 8.21. The predicted molar refractivity (Wildman–Crippen MR) is 120 cm³/mol. The van der Waals surface area contributed by atoms with E-state index in [0.29, 0.717) is 17.3 Å². The van der Waals surface area contributed by atoms with Crippen LogP contribution in [0.4, 0.5) is 11.5 Å². The number of benzene rings is 1. The van der Waals surface area contributed by atoms with Gasteiger partial charge in [0, 0.05) is 48.2 Å². The summed E-state index contributed by atoms with van der Waals surface area (Å²) in [7, 11) is 0. The highest BCUT2D eigenvalue weighted by Crippen LogP contribution is 2.26. The van der Waals surface area contributed by atoms with E-state index in [-0.39, 0.29) is 11.3 Å². The molecular formula is C23H30N6O. The minimum absolute atomic E-state index is 0.177. The zero-order chi connectivity index (χ0) is 21.7. The molecule has 1 N–H and O–H groups in total. The van der Waals surface area contributed by atoms with Gasteiger partial charge in [-0.25, -0.2) is 9.97 Å². The molecule has 0 bridgehead atoms. The summed E-state index contributed by atoms with van der Waals surface area (Å²) < 4.78 is 1.58. The molecule has 3 rings (SSSR count). The molecule has 0 atom stereocenters. The molecule has 7 nitrogen and oxygen atoms in total. The number of carbonyl (C=O) groups is 1. The van der Waals surface area contributed by atoms with Gasteiger partial charge in [-0.3, -0.25) is 4.79 Å². The summed E-state index contributed by atoms with van der Waals surface area (Å²) in [6, 6.07) is 11.3. The van der Waals surface area contributed by atoms with Crippen molar-refractivity contribution in [2.75, 3.05) is 23.3 Å². The van der Waals surface area contributed by atoms with E-state index in [9.17, 15) is 4.79 Å². The van der Waals surface area contributed by atoms with Crippen molar-refractivity contribution in [2.45, 2.75) is 46.5 Å². The van der Waals surface area contributed by atoms with Crippen molar-refractivity contribution in [1.29, 1.82) is 0 Å². The number of anilines is 2. The van der Waals surface area contributed by atoms with Crippen LogP contribution in [0.5, 0.6) is 0 Å². The van der Waals surface area contributed by atoms with Crippen LogP contribution in [0.2, 0.25) is 0 Å². The van der Waals surface area contributed by atoms with Crippen LogP contribution in [0, 0.1) is 0 Å². The highest BCUT2D eigenvalue weighted by atomic mass is 16.1. The van der Waals surface area contributed by atoms with Gasteiger partial charge in [-0.15, -0.1) is 0 Å². The fraction of sp³-hybridized carbons (Fsp3) is 0.391. The van der Waals surface area contributed by atoms with E-state index in [2.05, 4.69) is 59.9 Å².